The van der Waals surface area contributed by atoms with E-state index in [1.54, 1.807) is 12.1 Å². The fourth-order valence-electron chi connectivity index (χ4n) is 1.89. The topological polar surface area (TPSA) is 90.5 Å². The van der Waals surface area contributed by atoms with Crippen LogP contribution in [0.15, 0.2) is 53.4 Å². The van der Waals surface area contributed by atoms with Crippen LogP contribution in [0.25, 0.3) is 0 Å². The fourth-order valence-corrected chi connectivity index (χ4v) is 2.95. The molecule has 0 spiro atoms. The Kier molecular flexibility index (Phi) is 6.24. The van der Waals surface area contributed by atoms with E-state index in [4.69, 9.17) is 12.2 Å². The number of para-hydroxylation sites is 1. The number of rotatable bonds is 4. The number of benzene rings is 2. The first-order valence-electron chi connectivity index (χ1n) is 7.36. The van der Waals surface area contributed by atoms with Gasteiger partial charge in [0.2, 0.25) is 10.0 Å². The Morgan fingerprint density at radius 2 is 1.65 bits per heavy atom. The van der Waals surface area contributed by atoms with Crippen LogP contribution in [0, 0.1) is 5.82 Å². The molecule has 0 unspecified atom stereocenters. The SMILES string of the molecule is CN(C)S(=O)(=O)c1ccc(C(=O)NNC(=S)Nc2ccccc2F)cc1. The van der Waals surface area contributed by atoms with Crippen molar-refractivity contribution < 1.29 is 17.6 Å². The van der Waals surface area contributed by atoms with Crippen molar-refractivity contribution in [3.05, 3.63) is 59.9 Å². The van der Waals surface area contributed by atoms with Gasteiger partial charge in [0, 0.05) is 19.7 Å². The van der Waals surface area contributed by atoms with Crippen LogP contribution in [-0.4, -0.2) is 37.8 Å². The van der Waals surface area contributed by atoms with Gasteiger partial charge in [0.25, 0.3) is 5.91 Å². The number of hydrogen-bond acceptors (Lipinski definition) is 4. The van der Waals surface area contributed by atoms with E-state index in [0.29, 0.717) is 0 Å². The van der Waals surface area contributed by atoms with Gasteiger partial charge < -0.3 is 5.32 Å². The minimum Gasteiger partial charge on any atom is -0.329 e. The molecule has 2 aromatic rings. The van der Waals surface area contributed by atoms with Gasteiger partial charge in [0.1, 0.15) is 5.82 Å². The lowest BCUT2D eigenvalue weighted by atomic mass is 10.2. The van der Waals surface area contributed by atoms with E-state index in [9.17, 15) is 17.6 Å². The first-order valence-corrected chi connectivity index (χ1v) is 9.21. The molecule has 0 saturated heterocycles. The summed E-state index contributed by atoms with van der Waals surface area (Å²) in [5, 5.41) is 2.60. The number of hydrazine groups is 1. The Labute approximate surface area is 156 Å². The summed E-state index contributed by atoms with van der Waals surface area (Å²) in [6, 6.07) is 11.4. The Balaban J connectivity index is 1.96. The maximum atomic E-state index is 13.5. The van der Waals surface area contributed by atoms with Gasteiger partial charge in [-0.25, -0.2) is 17.1 Å². The molecule has 3 N–H and O–H groups in total. The largest absolute Gasteiger partial charge is 0.329 e. The molecule has 1 amide bonds. The molecule has 10 heteroatoms. The highest BCUT2D eigenvalue weighted by atomic mass is 32.2. The van der Waals surface area contributed by atoms with Gasteiger partial charge in [0.15, 0.2) is 5.11 Å². The second-order valence-electron chi connectivity index (χ2n) is 5.32. The van der Waals surface area contributed by atoms with Gasteiger partial charge in [-0.2, -0.15) is 0 Å². The van der Waals surface area contributed by atoms with Crippen molar-refractivity contribution in [2.45, 2.75) is 4.90 Å². The zero-order valence-corrected chi connectivity index (χ0v) is 15.6. The summed E-state index contributed by atoms with van der Waals surface area (Å²) in [4.78, 5) is 12.1. The second-order valence-corrected chi connectivity index (χ2v) is 7.88. The van der Waals surface area contributed by atoms with Crippen molar-refractivity contribution in [2.24, 2.45) is 0 Å². The highest BCUT2D eigenvalue weighted by Gasteiger charge is 2.17. The summed E-state index contributed by atoms with van der Waals surface area (Å²) in [6.45, 7) is 0. The third kappa shape index (κ3) is 4.75. The van der Waals surface area contributed by atoms with E-state index in [1.165, 1.54) is 50.5 Å². The number of hydrogen-bond donors (Lipinski definition) is 3. The molecule has 0 aliphatic carbocycles. The smallest absolute Gasteiger partial charge is 0.269 e. The molecule has 2 rings (SSSR count). The molecule has 2 aromatic carbocycles. The zero-order chi connectivity index (χ0) is 19.3. The summed E-state index contributed by atoms with van der Waals surface area (Å²) >= 11 is 4.97. The predicted molar refractivity (Wildman–Crippen MR) is 101 cm³/mol. The lowest BCUT2D eigenvalue weighted by Gasteiger charge is -2.13. The van der Waals surface area contributed by atoms with Crippen LogP contribution in [0.5, 0.6) is 0 Å². The van der Waals surface area contributed by atoms with Gasteiger partial charge in [0.05, 0.1) is 10.6 Å². The van der Waals surface area contributed by atoms with Crippen molar-refractivity contribution in [2.75, 3.05) is 19.4 Å². The highest BCUT2D eigenvalue weighted by Crippen LogP contribution is 2.14. The van der Waals surface area contributed by atoms with E-state index in [-0.39, 0.29) is 21.3 Å². The van der Waals surface area contributed by atoms with Crippen LogP contribution in [0.3, 0.4) is 0 Å². The molecule has 0 saturated carbocycles. The zero-order valence-electron chi connectivity index (χ0n) is 14.0. The van der Waals surface area contributed by atoms with Crippen LogP contribution in [-0.2, 0) is 10.0 Å². The van der Waals surface area contributed by atoms with E-state index < -0.39 is 21.7 Å². The lowest BCUT2D eigenvalue weighted by molar-refractivity contribution is 0.0944. The predicted octanol–water partition coefficient (Wildman–Crippen LogP) is 1.71. The quantitative estimate of drug-likeness (QED) is 0.538. The second kappa shape index (κ2) is 8.21. The van der Waals surface area contributed by atoms with Crippen molar-refractivity contribution in [1.82, 2.24) is 15.2 Å². The molecule has 138 valence electrons. The lowest BCUT2D eigenvalue weighted by Crippen LogP contribution is -2.43. The Hall–Kier alpha value is -2.56. The Morgan fingerprint density at radius 3 is 2.23 bits per heavy atom. The first kappa shape index (κ1) is 19.8. The third-order valence-electron chi connectivity index (χ3n) is 3.31. The number of anilines is 1. The van der Waals surface area contributed by atoms with Crippen molar-refractivity contribution in [1.29, 1.82) is 0 Å². The van der Waals surface area contributed by atoms with Crippen LogP contribution in [0.4, 0.5) is 10.1 Å². The normalized spacial score (nSPS) is 11.1. The average molecular weight is 396 g/mol. The summed E-state index contributed by atoms with van der Waals surface area (Å²) in [6.07, 6.45) is 0. The summed E-state index contributed by atoms with van der Waals surface area (Å²) in [7, 11) is -0.724. The minimum absolute atomic E-state index is 0.00439. The van der Waals surface area contributed by atoms with Crippen molar-refractivity contribution in [3.8, 4) is 0 Å². The number of sulfonamides is 1. The van der Waals surface area contributed by atoms with Gasteiger partial charge in [-0.1, -0.05) is 12.1 Å². The first-order chi connectivity index (χ1) is 12.2. The van der Waals surface area contributed by atoms with E-state index in [0.717, 1.165) is 4.31 Å². The number of carbonyl (C=O) groups is 1. The molecule has 0 atom stereocenters. The molecule has 0 aromatic heterocycles. The number of nitrogens with one attached hydrogen (secondary N) is 3. The molecule has 0 aliphatic heterocycles. The van der Waals surface area contributed by atoms with Gasteiger partial charge in [-0.15, -0.1) is 0 Å². The minimum atomic E-state index is -3.56. The van der Waals surface area contributed by atoms with Gasteiger partial charge >= 0.3 is 0 Å². The number of halogens is 1. The highest BCUT2D eigenvalue weighted by molar-refractivity contribution is 7.89. The fraction of sp³-hybridized carbons (Fsp3) is 0.125. The van der Waals surface area contributed by atoms with Crippen LogP contribution < -0.4 is 16.2 Å². The van der Waals surface area contributed by atoms with E-state index >= 15 is 0 Å². The standard InChI is InChI=1S/C16H17FN4O3S2/c1-21(2)26(23,24)12-9-7-11(8-10-12)15(22)19-20-16(25)18-14-6-4-3-5-13(14)17/h3-10H,1-2H3,(H,19,22)(H2,18,20,25). The number of thiocarbonyl (C=S) groups is 1. The maximum Gasteiger partial charge on any atom is 0.269 e. The third-order valence-corrected chi connectivity index (χ3v) is 5.34. The number of carbonyl (C=O) groups excluding carboxylic acids is 1. The number of amides is 1. The molecule has 26 heavy (non-hydrogen) atoms. The Bertz CT molecular complexity index is 915. The summed E-state index contributed by atoms with van der Waals surface area (Å²) in [5.74, 6) is -1.02. The molecule has 0 radical (unpaired) electrons. The average Bonchev–Trinajstić information content (AvgIpc) is 2.61. The molecular formula is C16H17FN4O3S2. The van der Waals surface area contributed by atoms with Crippen molar-refractivity contribution >= 4 is 38.9 Å². The molecule has 0 fully saturated rings. The monoisotopic (exact) mass is 396 g/mol. The number of nitrogens with zero attached hydrogens (tertiary/aromatic N) is 1. The molecule has 0 bridgehead atoms. The molecular weight excluding hydrogens is 379 g/mol. The van der Waals surface area contributed by atoms with Gasteiger partial charge in [-0.05, 0) is 48.6 Å². The Morgan fingerprint density at radius 1 is 1.04 bits per heavy atom. The molecule has 0 heterocycles. The molecule has 7 nitrogen and oxygen atoms in total. The van der Waals surface area contributed by atoms with Crippen LogP contribution in [0.2, 0.25) is 0 Å². The van der Waals surface area contributed by atoms with E-state index in [1.807, 2.05) is 0 Å². The molecule has 0 aliphatic rings. The van der Waals surface area contributed by atoms with Gasteiger partial charge in [-0.3, -0.25) is 15.6 Å². The summed E-state index contributed by atoms with van der Waals surface area (Å²) < 4.78 is 38.6. The van der Waals surface area contributed by atoms with Crippen LogP contribution >= 0.6 is 12.2 Å². The van der Waals surface area contributed by atoms with E-state index in [2.05, 4.69) is 16.2 Å². The summed E-state index contributed by atoms with van der Waals surface area (Å²) in [5.41, 5.74) is 5.18. The maximum absolute atomic E-state index is 13.5. The van der Waals surface area contributed by atoms with Crippen LogP contribution in [0.1, 0.15) is 10.4 Å². The van der Waals surface area contributed by atoms with Crippen molar-refractivity contribution in [3.63, 3.8) is 0 Å².